The van der Waals surface area contributed by atoms with Crippen molar-refractivity contribution in [3.05, 3.63) is 0 Å². The number of rotatable bonds is 1. The van der Waals surface area contributed by atoms with Gasteiger partial charge in [-0.15, -0.1) is 0 Å². The number of aliphatic hydroxyl groups excluding tert-OH is 1. The summed E-state index contributed by atoms with van der Waals surface area (Å²) in [4.78, 5) is 13.1. The van der Waals surface area contributed by atoms with Crippen molar-refractivity contribution in [1.82, 2.24) is 4.90 Å². The number of alkyl halides is 1. The van der Waals surface area contributed by atoms with E-state index >= 15 is 0 Å². The SMILES string of the molecule is C[C@@H]1C[C@H](F)[C@@H](CO)N1C(=O)OC(C)(C)C. The number of carbonyl (C=O) groups is 1. The summed E-state index contributed by atoms with van der Waals surface area (Å²) in [6, 6.07) is -1.01. The minimum atomic E-state index is -1.17. The van der Waals surface area contributed by atoms with E-state index in [1.807, 2.05) is 0 Å². The molecule has 0 bridgehead atoms. The lowest BCUT2D eigenvalue weighted by molar-refractivity contribution is 0.00636. The van der Waals surface area contributed by atoms with Crippen LogP contribution in [0.3, 0.4) is 0 Å². The average molecular weight is 233 g/mol. The lowest BCUT2D eigenvalue weighted by Crippen LogP contribution is -2.46. The summed E-state index contributed by atoms with van der Waals surface area (Å²) >= 11 is 0. The smallest absolute Gasteiger partial charge is 0.410 e. The molecule has 1 heterocycles. The van der Waals surface area contributed by atoms with Gasteiger partial charge in [0.25, 0.3) is 0 Å². The number of aliphatic hydroxyl groups is 1. The Kier molecular flexibility index (Phi) is 3.78. The van der Waals surface area contributed by atoms with Gasteiger partial charge in [-0.3, -0.25) is 4.90 Å². The summed E-state index contributed by atoms with van der Waals surface area (Å²) in [6.45, 7) is 6.66. The molecule has 1 amide bonds. The van der Waals surface area contributed by atoms with Crippen LogP contribution in [0.5, 0.6) is 0 Å². The zero-order valence-corrected chi connectivity index (χ0v) is 10.2. The number of ether oxygens (including phenoxy) is 1. The van der Waals surface area contributed by atoms with Crippen LogP contribution in [0.1, 0.15) is 34.1 Å². The Bertz CT molecular complexity index is 264. The van der Waals surface area contributed by atoms with E-state index in [1.165, 1.54) is 4.90 Å². The van der Waals surface area contributed by atoms with E-state index in [4.69, 9.17) is 9.84 Å². The maximum Gasteiger partial charge on any atom is 0.410 e. The van der Waals surface area contributed by atoms with Gasteiger partial charge < -0.3 is 9.84 Å². The van der Waals surface area contributed by atoms with Crippen LogP contribution in [-0.2, 0) is 4.74 Å². The lowest BCUT2D eigenvalue weighted by atomic mass is 10.2. The predicted octanol–water partition coefficient (Wildman–Crippen LogP) is 1.71. The van der Waals surface area contributed by atoms with Crippen molar-refractivity contribution in [2.75, 3.05) is 6.61 Å². The van der Waals surface area contributed by atoms with Gasteiger partial charge in [-0.25, -0.2) is 9.18 Å². The molecule has 5 heteroatoms. The molecule has 0 aliphatic carbocycles. The summed E-state index contributed by atoms with van der Waals surface area (Å²) in [5, 5.41) is 9.08. The Morgan fingerprint density at radius 1 is 1.56 bits per heavy atom. The molecule has 0 aromatic rings. The molecule has 0 radical (unpaired) electrons. The molecule has 1 saturated heterocycles. The van der Waals surface area contributed by atoms with Crippen molar-refractivity contribution in [3.63, 3.8) is 0 Å². The first-order valence-electron chi connectivity index (χ1n) is 5.52. The van der Waals surface area contributed by atoms with Crippen LogP contribution in [-0.4, -0.2) is 46.6 Å². The molecule has 0 aromatic carbocycles. The van der Waals surface area contributed by atoms with E-state index in [1.54, 1.807) is 27.7 Å². The molecule has 1 aliphatic heterocycles. The molecule has 16 heavy (non-hydrogen) atoms. The Morgan fingerprint density at radius 2 is 2.12 bits per heavy atom. The van der Waals surface area contributed by atoms with Crippen LogP contribution in [0.4, 0.5) is 9.18 Å². The average Bonchev–Trinajstić information content (AvgIpc) is 2.37. The summed E-state index contributed by atoms with van der Waals surface area (Å²) in [5.74, 6) is 0. The van der Waals surface area contributed by atoms with Crippen molar-refractivity contribution in [1.29, 1.82) is 0 Å². The van der Waals surface area contributed by atoms with Gasteiger partial charge >= 0.3 is 6.09 Å². The van der Waals surface area contributed by atoms with E-state index in [0.29, 0.717) is 0 Å². The van der Waals surface area contributed by atoms with Crippen LogP contribution < -0.4 is 0 Å². The lowest BCUT2D eigenvalue weighted by Gasteiger charge is -2.30. The number of nitrogens with zero attached hydrogens (tertiary/aromatic N) is 1. The van der Waals surface area contributed by atoms with Crippen molar-refractivity contribution in [2.45, 2.75) is 58.0 Å². The second-order valence-electron chi connectivity index (χ2n) is 5.24. The Morgan fingerprint density at radius 3 is 2.56 bits per heavy atom. The van der Waals surface area contributed by atoms with Crippen LogP contribution in [0, 0.1) is 0 Å². The second-order valence-corrected chi connectivity index (χ2v) is 5.24. The van der Waals surface area contributed by atoms with Crippen molar-refractivity contribution in [3.8, 4) is 0 Å². The Labute approximate surface area is 95.4 Å². The maximum atomic E-state index is 13.5. The minimum Gasteiger partial charge on any atom is -0.444 e. The van der Waals surface area contributed by atoms with E-state index in [-0.39, 0.29) is 19.1 Å². The molecule has 0 spiro atoms. The highest BCUT2D eigenvalue weighted by Crippen LogP contribution is 2.28. The molecular formula is C11H20FNO3. The summed E-state index contributed by atoms with van der Waals surface area (Å²) < 4.78 is 18.7. The van der Waals surface area contributed by atoms with Crippen LogP contribution >= 0.6 is 0 Å². The molecule has 1 fully saturated rings. The first-order chi connectivity index (χ1) is 7.26. The summed E-state index contributed by atoms with van der Waals surface area (Å²) in [5.41, 5.74) is -0.606. The van der Waals surface area contributed by atoms with Crippen LogP contribution in [0.25, 0.3) is 0 Å². The third-order valence-electron chi connectivity index (χ3n) is 2.61. The molecule has 3 atom stereocenters. The number of hydrogen-bond acceptors (Lipinski definition) is 3. The van der Waals surface area contributed by atoms with Gasteiger partial charge in [0, 0.05) is 12.5 Å². The summed E-state index contributed by atoms with van der Waals surface area (Å²) in [6.07, 6.45) is -1.48. The molecule has 4 nitrogen and oxygen atoms in total. The third-order valence-corrected chi connectivity index (χ3v) is 2.61. The highest BCUT2D eigenvalue weighted by atomic mass is 19.1. The fourth-order valence-electron chi connectivity index (χ4n) is 1.93. The Hall–Kier alpha value is -0.840. The second kappa shape index (κ2) is 4.57. The number of likely N-dealkylation sites (tertiary alicyclic amines) is 1. The molecule has 0 saturated carbocycles. The molecule has 94 valence electrons. The minimum absolute atomic E-state index is 0.234. The molecule has 0 aromatic heterocycles. The number of carbonyl (C=O) groups excluding carboxylic acids is 1. The highest BCUT2D eigenvalue weighted by molar-refractivity contribution is 5.69. The van der Waals surface area contributed by atoms with Crippen LogP contribution in [0.2, 0.25) is 0 Å². The molecule has 1 aliphatic rings. The monoisotopic (exact) mass is 233 g/mol. The van der Waals surface area contributed by atoms with Gasteiger partial charge in [-0.05, 0) is 27.7 Å². The van der Waals surface area contributed by atoms with Crippen molar-refractivity contribution in [2.24, 2.45) is 0 Å². The number of hydrogen-bond donors (Lipinski definition) is 1. The van der Waals surface area contributed by atoms with Gasteiger partial charge in [0.15, 0.2) is 0 Å². The van der Waals surface area contributed by atoms with E-state index in [0.717, 1.165) is 0 Å². The normalized spacial score (nSPS) is 30.6. The van der Waals surface area contributed by atoms with Gasteiger partial charge in [-0.2, -0.15) is 0 Å². The topological polar surface area (TPSA) is 49.8 Å². The molecule has 1 rings (SSSR count). The number of amides is 1. The molecule has 1 N–H and O–H groups in total. The highest BCUT2D eigenvalue weighted by Gasteiger charge is 2.43. The third kappa shape index (κ3) is 2.84. The van der Waals surface area contributed by atoms with E-state index < -0.39 is 23.9 Å². The van der Waals surface area contributed by atoms with Gasteiger partial charge in [0.2, 0.25) is 0 Å². The first kappa shape index (κ1) is 13.2. The summed E-state index contributed by atoms with van der Waals surface area (Å²) in [7, 11) is 0. The molecular weight excluding hydrogens is 213 g/mol. The van der Waals surface area contributed by atoms with Gasteiger partial charge in [0.1, 0.15) is 11.8 Å². The number of halogens is 1. The van der Waals surface area contributed by atoms with Crippen LogP contribution in [0.15, 0.2) is 0 Å². The van der Waals surface area contributed by atoms with E-state index in [2.05, 4.69) is 0 Å². The maximum absolute atomic E-state index is 13.5. The quantitative estimate of drug-likeness (QED) is 0.750. The Balaban J connectivity index is 2.74. The first-order valence-corrected chi connectivity index (χ1v) is 5.52. The predicted molar refractivity (Wildman–Crippen MR) is 57.9 cm³/mol. The molecule has 0 unspecified atom stereocenters. The van der Waals surface area contributed by atoms with Crippen molar-refractivity contribution < 1.29 is 19.0 Å². The fraction of sp³-hybridized carbons (Fsp3) is 0.909. The fourth-order valence-corrected chi connectivity index (χ4v) is 1.93. The largest absolute Gasteiger partial charge is 0.444 e. The van der Waals surface area contributed by atoms with Gasteiger partial charge in [-0.1, -0.05) is 0 Å². The zero-order valence-electron chi connectivity index (χ0n) is 10.2. The van der Waals surface area contributed by atoms with E-state index in [9.17, 15) is 9.18 Å². The van der Waals surface area contributed by atoms with Crippen molar-refractivity contribution >= 4 is 6.09 Å². The van der Waals surface area contributed by atoms with Gasteiger partial charge in [0.05, 0.1) is 12.6 Å². The zero-order chi connectivity index (χ0) is 12.5. The standard InChI is InChI=1S/C11H20FNO3/c1-7-5-8(12)9(6-14)13(7)10(15)16-11(2,3)4/h7-9,14H,5-6H2,1-4H3/t7-,8+,9-/m1/s1.